The molecule has 0 aromatic heterocycles. The summed E-state index contributed by atoms with van der Waals surface area (Å²) in [5.41, 5.74) is 2.29. The maximum atomic E-state index is 9.04. The van der Waals surface area contributed by atoms with Crippen LogP contribution in [-0.2, 0) is 6.54 Å². The third-order valence-corrected chi connectivity index (χ3v) is 3.93. The molecule has 1 fully saturated rings. The molecular weight excluding hydrogens is 208 g/mol. The van der Waals surface area contributed by atoms with Crippen LogP contribution in [0, 0.1) is 16.7 Å². The molecule has 1 aromatic rings. The first-order chi connectivity index (χ1) is 8.13. The Kier molecular flexibility index (Phi) is 3.49. The van der Waals surface area contributed by atoms with Crippen molar-refractivity contribution in [3.8, 4) is 6.07 Å². The monoisotopic (exact) mass is 228 g/mol. The van der Waals surface area contributed by atoms with E-state index >= 15 is 0 Å². The Morgan fingerprint density at radius 2 is 2.18 bits per heavy atom. The molecule has 0 amide bonds. The minimum absolute atomic E-state index is 0.390. The minimum atomic E-state index is 0.390. The molecule has 17 heavy (non-hydrogen) atoms. The van der Waals surface area contributed by atoms with E-state index in [1.165, 1.54) is 19.3 Å². The fourth-order valence-electron chi connectivity index (χ4n) is 2.72. The molecule has 1 saturated carbocycles. The average Bonchev–Trinajstić information content (AvgIpc) is 2.66. The van der Waals surface area contributed by atoms with Gasteiger partial charge in [0.1, 0.15) is 0 Å². The van der Waals surface area contributed by atoms with Crippen molar-refractivity contribution >= 4 is 0 Å². The molecular formula is C15H20N2. The van der Waals surface area contributed by atoms with Crippen LogP contribution < -0.4 is 5.32 Å². The number of nitrogens with zero attached hydrogens (tertiary/aromatic N) is 1. The van der Waals surface area contributed by atoms with Gasteiger partial charge in [0.2, 0.25) is 0 Å². The first kappa shape index (κ1) is 12.1. The lowest BCUT2D eigenvalue weighted by Gasteiger charge is -2.28. The summed E-state index contributed by atoms with van der Waals surface area (Å²) in [7, 11) is 0. The number of benzene rings is 1. The average molecular weight is 228 g/mol. The molecule has 0 saturated heterocycles. The Morgan fingerprint density at radius 3 is 2.82 bits per heavy atom. The fourth-order valence-corrected chi connectivity index (χ4v) is 2.72. The molecule has 1 aliphatic carbocycles. The molecule has 1 N–H and O–H groups in total. The molecule has 0 spiro atoms. The highest BCUT2D eigenvalue weighted by Crippen LogP contribution is 2.37. The number of nitrogens with one attached hydrogen (secondary N) is 1. The van der Waals surface area contributed by atoms with Crippen molar-refractivity contribution in [1.29, 1.82) is 5.26 Å². The Morgan fingerprint density at radius 1 is 1.41 bits per heavy atom. The Bertz CT molecular complexity index is 429. The second-order valence-corrected chi connectivity index (χ2v) is 5.58. The molecule has 0 bridgehead atoms. The van der Waals surface area contributed by atoms with E-state index < -0.39 is 0 Å². The van der Waals surface area contributed by atoms with Crippen molar-refractivity contribution in [2.75, 3.05) is 0 Å². The van der Waals surface area contributed by atoms with E-state index in [-0.39, 0.29) is 0 Å². The lowest BCUT2D eigenvalue weighted by atomic mass is 9.87. The van der Waals surface area contributed by atoms with E-state index in [9.17, 15) is 0 Å². The number of hydrogen-bond donors (Lipinski definition) is 1. The van der Waals surface area contributed by atoms with Gasteiger partial charge in [0.15, 0.2) is 0 Å². The normalized spacial score (nSPS) is 22.3. The molecule has 2 heteroatoms. The van der Waals surface area contributed by atoms with Crippen molar-refractivity contribution in [3.63, 3.8) is 0 Å². The zero-order valence-electron chi connectivity index (χ0n) is 10.7. The maximum absolute atomic E-state index is 9.04. The summed E-state index contributed by atoms with van der Waals surface area (Å²) in [4.78, 5) is 0. The topological polar surface area (TPSA) is 35.8 Å². The summed E-state index contributed by atoms with van der Waals surface area (Å²) >= 11 is 0. The van der Waals surface area contributed by atoms with Crippen LogP contribution in [0.2, 0.25) is 0 Å². The smallest absolute Gasteiger partial charge is 0.0995 e. The SMILES string of the molecule is CC1(C)CCCC1NCc1ccccc1C#N. The predicted octanol–water partition coefficient (Wildman–Crippen LogP) is 3.23. The van der Waals surface area contributed by atoms with Crippen LogP contribution in [0.1, 0.15) is 44.2 Å². The second kappa shape index (κ2) is 4.89. The first-order valence-electron chi connectivity index (χ1n) is 6.35. The Labute approximate surface area is 104 Å². The van der Waals surface area contributed by atoms with Gasteiger partial charge in [-0.05, 0) is 29.9 Å². The van der Waals surface area contributed by atoms with Gasteiger partial charge in [-0.2, -0.15) is 5.26 Å². The highest BCUT2D eigenvalue weighted by molar-refractivity contribution is 5.37. The molecule has 1 unspecified atom stereocenters. The Hall–Kier alpha value is -1.33. The first-order valence-corrected chi connectivity index (χ1v) is 6.35. The number of rotatable bonds is 3. The highest BCUT2D eigenvalue weighted by Gasteiger charge is 2.33. The van der Waals surface area contributed by atoms with Crippen LogP contribution in [0.15, 0.2) is 24.3 Å². The van der Waals surface area contributed by atoms with E-state index in [2.05, 4.69) is 25.2 Å². The van der Waals surface area contributed by atoms with Crippen LogP contribution >= 0.6 is 0 Å². The lowest BCUT2D eigenvalue weighted by Crippen LogP contribution is -2.37. The third-order valence-electron chi connectivity index (χ3n) is 3.93. The van der Waals surface area contributed by atoms with Gasteiger partial charge in [-0.15, -0.1) is 0 Å². The summed E-state index contributed by atoms with van der Waals surface area (Å²) in [6.45, 7) is 5.46. The number of hydrogen-bond acceptors (Lipinski definition) is 2. The largest absolute Gasteiger partial charge is 0.309 e. The lowest BCUT2D eigenvalue weighted by molar-refractivity contribution is 0.282. The molecule has 0 aliphatic heterocycles. The van der Waals surface area contributed by atoms with E-state index in [4.69, 9.17) is 5.26 Å². The third kappa shape index (κ3) is 2.68. The molecule has 1 aliphatic rings. The Balaban J connectivity index is 2.01. The van der Waals surface area contributed by atoms with Crippen LogP contribution in [0.3, 0.4) is 0 Å². The van der Waals surface area contributed by atoms with Gasteiger partial charge in [-0.1, -0.05) is 38.5 Å². The van der Waals surface area contributed by atoms with Gasteiger partial charge < -0.3 is 5.32 Å². The van der Waals surface area contributed by atoms with Crippen molar-refractivity contribution in [2.45, 2.75) is 45.7 Å². The molecule has 1 atom stereocenters. The highest BCUT2D eigenvalue weighted by atomic mass is 14.9. The van der Waals surface area contributed by atoms with Gasteiger partial charge in [0.25, 0.3) is 0 Å². The van der Waals surface area contributed by atoms with Crippen LogP contribution in [0.4, 0.5) is 0 Å². The van der Waals surface area contributed by atoms with Gasteiger partial charge in [0.05, 0.1) is 11.6 Å². The number of nitriles is 1. The fraction of sp³-hybridized carbons (Fsp3) is 0.533. The molecule has 2 nitrogen and oxygen atoms in total. The molecule has 2 rings (SSSR count). The molecule has 0 heterocycles. The van der Waals surface area contributed by atoms with E-state index in [1.807, 2.05) is 24.3 Å². The van der Waals surface area contributed by atoms with E-state index in [0.29, 0.717) is 11.5 Å². The van der Waals surface area contributed by atoms with Gasteiger partial charge >= 0.3 is 0 Å². The molecule has 1 aromatic carbocycles. The molecule has 0 radical (unpaired) electrons. The zero-order chi connectivity index (χ0) is 12.3. The second-order valence-electron chi connectivity index (χ2n) is 5.58. The predicted molar refractivity (Wildman–Crippen MR) is 69.4 cm³/mol. The quantitative estimate of drug-likeness (QED) is 0.862. The molecule has 90 valence electrons. The van der Waals surface area contributed by atoms with Crippen molar-refractivity contribution in [3.05, 3.63) is 35.4 Å². The maximum Gasteiger partial charge on any atom is 0.0995 e. The summed E-state index contributed by atoms with van der Waals surface area (Å²) in [6.07, 6.45) is 3.86. The van der Waals surface area contributed by atoms with Gasteiger partial charge in [-0.25, -0.2) is 0 Å². The van der Waals surface area contributed by atoms with E-state index in [1.54, 1.807) is 0 Å². The van der Waals surface area contributed by atoms with Crippen LogP contribution in [0.5, 0.6) is 0 Å². The minimum Gasteiger partial charge on any atom is -0.309 e. The van der Waals surface area contributed by atoms with Gasteiger partial charge in [-0.3, -0.25) is 0 Å². The zero-order valence-corrected chi connectivity index (χ0v) is 10.7. The van der Waals surface area contributed by atoms with Crippen molar-refractivity contribution in [2.24, 2.45) is 5.41 Å². The van der Waals surface area contributed by atoms with Gasteiger partial charge in [0, 0.05) is 12.6 Å². The standard InChI is InChI=1S/C15H20N2/c1-15(2)9-5-8-14(15)17-11-13-7-4-3-6-12(13)10-16/h3-4,6-7,14,17H,5,8-9,11H2,1-2H3. The summed E-state index contributed by atoms with van der Waals surface area (Å²) in [5.74, 6) is 0. The van der Waals surface area contributed by atoms with Crippen molar-refractivity contribution in [1.82, 2.24) is 5.32 Å². The summed E-state index contributed by atoms with van der Waals surface area (Å²) in [5, 5.41) is 12.6. The van der Waals surface area contributed by atoms with Crippen LogP contribution in [-0.4, -0.2) is 6.04 Å². The summed E-state index contributed by atoms with van der Waals surface area (Å²) in [6, 6.07) is 10.7. The van der Waals surface area contributed by atoms with Crippen LogP contribution in [0.25, 0.3) is 0 Å². The van der Waals surface area contributed by atoms with E-state index in [0.717, 1.165) is 17.7 Å². The summed E-state index contributed by atoms with van der Waals surface area (Å²) < 4.78 is 0. The van der Waals surface area contributed by atoms with Crippen molar-refractivity contribution < 1.29 is 0 Å².